The van der Waals surface area contributed by atoms with E-state index in [4.69, 9.17) is 11.6 Å². The fraction of sp³-hybridized carbons (Fsp3) is 0.444. The number of aromatic nitrogens is 2. The van der Waals surface area contributed by atoms with Crippen LogP contribution in [0.15, 0.2) is 29.2 Å². The molecular formula is C18H21ClN4O. The second kappa shape index (κ2) is 6.22. The van der Waals surface area contributed by atoms with E-state index in [0.717, 1.165) is 62.5 Å². The molecule has 126 valence electrons. The fourth-order valence-electron chi connectivity index (χ4n) is 3.58. The normalized spacial score (nSPS) is 20.6. The molecule has 24 heavy (non-hydrogen) atoms. The summed E-state index contributed by atoms with van der Waals surface area (Å²) in [6.45, 7) is 5.04. The average Bonchev–Trinajstić information content (AvgIpc) is 2.58. The SMILES string of the molecule is CN1CCN(/C=C2\CCCn3c2nc(=O)c2c(Cl)cccc23)CC1. The van der Waals surface area contributed by atoms with E-state index in [1.807, 2.05) is 12.1 Å². The van der Waals surface area contributed by atoms with Gasteiger partial charge >= 0.3 is 0 Å². The quantitative estimate of drug-likeness (QED) is 0.796. The summed E-state index contributed by atoms with van der Waals surface area (Å²) in [6.07, 6.45) is 4.23. The van der Waals surface area contributed by atoms with E-state index >= 15 is 0 Å². The summed E-state index contributed by atoms with van der Waals surface area (Å²) < 4.78 is 2.15. The zero-order chi connectivity index (χ0) is 16.7. The Morgan fingerprint density at radius 1 is 1.17 bits per heavy atom. The van der Waals surface area contributed by atoms with Crippen LogP contribution >= 0.6 is 11.6 Å². The maximum atomic E-state index is 12.5. The summed E-state index contributed by atoms with van der Waals surface area (Å²) in [4.78, 5) is 21.6. The summed E-state index contributed by atoms with van der Waals surface area (Å²) >= 11 is 6.23. The molecule has 0 unspecified atom stereocenters. The van der Waals surface area contributed by atoms with Crippen LogP contribution in [-0.2, 0) is 6.54 Å². The molecule has 0 spiro atoms. The predicted octanol–water partition coefficient (Wildman–Crippen LogP) is 2.43. The van der Waals surface area contributed by atoms with Crippen LogP contribution in [0.3, 0.4) is 0 Å². The number of rotatable bonds is 1. The van der Waals surface area contributed by atoms with Crippen molar-refractivity contribution in [1.82, 2.24) is 19.4 Å². The third-order valence-electron chi connectivity index (χ3n) is 4.95. The topological polar surface area (TPSA) is 41.4 Å². The van der Waals surface area contributed by atoms with Crippen LogP contribution in [0.25, 0.3) is 16.5 Å². The lowest BCUT2D eigenvalue weighted by atomic mass is 10.0. The molecule has 0 radical (unpaired) electrons. The van der Waals surface area contributed by atoms with Gasteiger partial charge in [0.05, 0.1) is 15.9 Å². The molecule has 0 saturated carbocycles. The molecule has 2 aliphatic rings. The van der Waals surface area contributed by atoms with Gasteiger partial charge in [0, 0.05) is 44.5 Å². The summed E-state index contributed by atoms with van der Waals surface area (Å²) in [5.41, 5.74) is 1.82. The van der Waals surface area contributed by atoms with Crippen molar-refractivity contribution in [3.8, 4) is 0 Å². The van der Waals surface area contributed by atoms with Crippen molar-refractivity contribution in [3.63, 3.8) is 0 Å². The number of nitrogens with zero attached hydrogens (tertiary/aromatic N) is 4. The third-order valence-corrected chi connectivity index (χ3v) is 5.27. The van der Waals surface area contributed by atoms with Crippen LogP contribution in [0.2, 0.25) is 5.02 Å². The molecule has 3 heterocycles. The average molecular weight is 345 g/mol. The maximum absolute atomic E-state index is 12.5. The van der Waals surface area contributed by atoms with E-state index in [0.29, 0.717) is 10.4 Å². The number of aryl methyl sites for hydroxylation is 1. The monoisotopic (exact) mass is 344 g/mol. The van der Waals surface area contributed by atoms with Gasteiger partial charge < -0.3 is 14.4 Å². The molecule has 5 nitrogen and oxygen atoms in total. The molecule has 0 amide bonds. The maximum Gasteiger partial charge on any atom is 0.282 e. The van der Waals surface area contributed by atoms with Gasteiger partial charge in [0.2, 0.25) is 0 Å². The van der Waals surface area contributed by atoms with E-state index < -0.39 is 0 Å². The Labute approximate surface area is 146 Å². The first-order valence-electron chi connectivity index (χ1n) is 8.46. The number of hydrogen-bond donors (Lipinski definition) is 0. The highest BCUT2D eigenvalue weighted by molar-refractivity contribution is 6.35. The second-order valence-corrected chi connectivity index (χ2v) is 7.03. The van der Waals surface area contributed by atoms with Gasteiger partial charge in [-0.3, -0.25) is 4.79 Å². The van der Waals surface area contributed by atoms with Gasteiger partial charge in [-0.2, -0.15) is 4.98 Å². The summed E-state index contributed by atoms with van der Waals surface area (Å²) in [5, 5.41) is 1.01. The molecular weight excluding hydrogens is 324 g/mol. The van der Waals surface area contributed by atoms with E-state index in [9.17, 15) is 4.79 Å². The Kier molecular flexibility index (Phi) is 4.06. The molecule has 1 aromatic heterocycles. The van der Waals surface area contributed by atoms with Crippen molar-refractivity contribution in [2.24, 2.45) is 0 Å². The molecule has 2 aromatic rings. The Bertz CT molecular complexity index is 865. The molecule has 0 aliphatic carbocycles. The Balaban J connectivity index is 1.81. The molecule has 6 heteroatoms. The van der Waals surface area contributed by atoms with Crippen LogP contribution in [0, 0.1) is 0 Å². The van der Waals surface area contributed by atoms with Gasteiger partial charge in [-0.1, -0.05) is 17.7 Å². The largest absolute Gasteiger partial charge is 0.374 e. The first-order chi connectivity index (χ1) is 11.6. The van der Waals surface area contributed by atoms with E-state index in [1.165, 1.54) is 0 Å². The first kappa shape index (κ1) is 15.7. The smallest absolute Gasteiger partial charge is 0.282 e. The Morgan fingerprint density at radius 2 is 1.96 bits per heavy atom. The summed E-state index contributed by atoms with van der Waals surface area (Å²) in [7, 11) is 2.15. The molecule has 1 fully saturated rings. The predicted molar refractivity (Wildman–Crippen MR) is 97.3 cm³/mol. The van der Waals surface area contributed by atoms with E-state index in [-0.39, 0.29) is 5.56 Å². The summed E-state index contributed by atoms with van der Waals surface area (Å²) in [5.74, 6) is 0.806. The van der Waals surface area contributed by atoms with Crippen molar-refractivity contribution in [1.29, 1.82) is 0 Å². The van der Waals surface area contributed by atoms with Gasteiger partial charge in [-0.25, -0.2) is 0 Å². The van der Waals surface area contributed by atoms with Gasteiger partial charge in [0.1, 0.15) is 5.82 Å². The Hall–Kier alpha value is -1.85. The fourth-order valence-corrected chi connectivity index (χ4v) is 3.83. The minimum absolute atomic E-state index is 0.229. The van der Waals surface area contributed by atoms with Crippen molar-refractivity contribution < 1.29 is 0 Å². The number of fused-ring (bicyclic) bond motifs is 3. The lowest BCUT2D eigenvalue weighted by Gasteiger charge is -2.33. The standard InChI is InChI=1S/C18H21ClN4O/c1-21-8-10-22(11-9-21)12-13-4-3-7-23-15-6-2-5-14(19)16(15)18(24)20-17(13)23/h2,5-6,12H,3-4,7-11H2,1H3/b13-12+. The zero-order valence-electron chi connectivity index (χ0n) is 13.8. The highest BCUT2D eigenvalue weighted by Gasteiger charge is 2.21. The lowest BCUT2D eigenvalue weighted by Crippen LogP contribution is -2.42. The van der Waals surface area contributed by atoms with Gasteiger partial charge in [-0.05, 0) is 32.0 Å². The van der Waals surface area contributed by atoms with E-state index in [1.54, 1.807) is 6.07 Å². The minimum Gasteiger partial charge on any atom is -0.374 e. The van der Waals surface area contributed by atoms with Crippen LogP contribution in [0.4, 0.5) is 0 Å². The molecule has 0 bridgehead atoms. The van der Waals surface area contributed by atoms with Crippen LogP contribution in [0.1, 0.15) is 18.7 Å². The van der Waals surface area contributed by atoms with Crippen LogP contribution < -0.4 is 5.56 Å². The number of halogens is 1. The van der Waals surface area contributed by atoms with Gasteiger partial charge in [-0.15, -0.1) is 0 Å². The number of benzene rings is 1. The van der Waals surface area contributed by atoms with Gasteiger partial charge in [0.25, 0.3) is 5.56 Å². The number of hydrogen-bond acceptors (Lipinski definition) is 4. The molecule has 0 N–H and O–H groups in total. The van der Waals surface area contributed by atoms with Crippen molar-refractivity contribution >= 4 is 28.1 Å². The highest BCUT2D eigenvalue weighted by Crippen LogP contribution is 2.29. The number of likely N-dealkylation sites (N-methyl/N-ethyl adjacent to an activating group) is 1. The second-order valence-electron chi connectivity index (χ2n) is 6.62. The minimum atomic E-state index is -0.229. The third kappa shape index (κ3) is 2.72. The zero-order valence-corrected chi connectivity index (χ0v) is 14.6. The van der Waals surface area contributed by atoms with E-state index in [2.05, 4.69) is 32.6 Å². The summed E-state index contributed by atoms with van der Waals surface area (Å²) in [6, 6.07) is 5.62. The van der Waals surface area contributed by atoms with Crippen molar-refractivity contribution in [2.45, 2.75) is 19.4 Å². The Morgan fingerprint density at radius 3 is 2.75 bits per heavy atom. The lowest BCUT2D eigenvalue weighted by molar-refractivity contribution is 0.198. The molecule has 2 aliphatic heterocycles. The van der Waals surface area contributed by atoms with Crippen LogP contribution in [0.5, 0.6) is 0 Å². The molecule has 4 rings (SSSR count). The number of allylic oxidation sites excluding steroid dienone is 1. The number of piperazine rings is 1. The molecule has 1 saturated heterocycles. The molecule has 1 aromatic carbocycles. The van der Waals surface area contributed by atoms with Gasteiger partial charge in [0.15, 0.2) is 0 Å². The van der Waals surface area contributed by atoms with Crippen LogP contribution in [-0.4, -0.2) is 52.6 Å². The van der Waals surface area contributed by atoms with Crippen molar-refractivity contribution in [3.05, 3.63) is 45.6 Å². The first-order valence-corrected chi connectivity index (χ1v) is 8.84. The van der Waals surface area contributed by atoms with Crippen molar-refractivity contribution in [2.75, 3.05) is 33.2 Å². The molecule has 0 atom stereocenters. The highest BCUT2D eigenvalue weighted by atomic mass is 35.5.